The fraction of sp³-hybridized carbons (Fsp3) is 0.143. The lowest BCUT2D eigenvalue weighted by Gasteiger charge is -1.82. The molecule has 0 amide bonds. The number of hydrogen-bond donors (Lipinski definition) is 1. The summed E-state index contributed by atoms with van der Waals surface area (Å²) in [5.74, 6) is 0.631. The highest BCUT2D eigenvalue weighted by Crippen LogP contribution is 2.07. The van der Waals surface area contributed by atoms with E-state index in [1.807, 2.05) is 12.1 Å². The molecule has 0 aromatic carbocycles. The summed E-state index contributed by atoms with van der Waals surface area (Å²) in [5, 5.41) is 3.40. The van der Waals surface area contributed by atoms with E-state index < -0.39 is 0 Å². The zero-order valence-electron chi connectivity index (χ0n) is 6.68. The van der Waals surface area contributed by atoms with Crippen LogP contribution in [0.3, 0.4) is 0 Å². The molecule has 0 radical (unpaired) electrons. The molecule has 1 N–H and O–H groups in total. The van der Waals surface area contributed by atoms with E-state index in [9.17, 15) is 0 Å². The van der Waals surface area contributed by atoms with E-state index in [1.54, 1.807) is 6.20 Å². The third kappa shape index (κ3) is 1.43. The molecule has 64 valence electrons. The Morgan fingerprint density at radius 3 is 3.31 bits per heavy atom. The van der Waals surface area contributed by atoms with E-state index in [1.165, 1.54) is 0 Å². The molecule has 0 aliphatic heterocycles. The molecule has 0 saturated heterocycles. The third-order valence-corrected chi connectivity index (χ3v) is 1.59. The number of aromatic nitrogens is 3. The van der Waals surface area contributed by atoms with Crippen LogP contribution in [0, 0.1) is 0 Å². The van der Waals surface area contributed by atoms with Gasteiger partial charge in [-0.25, -0.2) is 9.97 Å². The van der Waals surface area contributed by atoms with Crippen molar-refractivity contribution in [2.24, 2.45) is 5.11 Å². The molecule has 2 heterocycles. The van der Waals surface area contributed by atoms with Crippen molar-refractivity contribution in [1.29, 1.82) is 0 Å². The van der Waals surface area contributed by atoms with Gasteiger partial charge in [-0.15, -0.1) is 0 Å². The summed E-state index contributed by atoms with van der Waals surface area (Å²) in [7, 11) is 0. The second-order valence-corrected chi connectivity index (χ2v) is 2.45. The maximum atomic E-state index is 8.10. The van der Waals surface area contributed by atoms with Gasteiger partial charge < -0.3 is 4.98 Å². The standard InChI is InChI=1S/C7H6N6/c8-13-10-4-6-11-5-2-1-3-9-7(5)12-6/h1-3H,4H2,(H,9,11,12). The number of azide groups is 1. The van der Waals surface area contributed by atoms with Crippen molar-refractivity contribution in [2.45, 2.75) is 6.54 Å². The second-order valence-electron chi connectivity index (χ2n) is 2.45. The molecule has 6 nitrogen and oxygen atoms in total. The number of nitrogens with zero attached hydrogens (tertiary/aromatic N) is 5. The number of nitrogens with one attached hydrogen (secondary N) is 1. The van der Waals surface area contributed by atoms with Gasteiger partial charge in [-0.2, -0.15) is 0 Å². The van der Waals surface area contributed by atoms with Gasteiger partial charge in [0.15, 0.2) is 5.65 Å². The van der Waals surface area contributed by atoms with Gasteiger partial charge >= 0.3 is 0 Å². The van der Waals surface area contributed by atoms with Gasteiger partial charge in [0.05, 0.1) is 12.1 Å². The van der Waals surface area contributed by atoms with E-state index in [4.69, 9.17) is 5.53 Å². The molecule has 6 heteroatoms. The minimum absolute atomic E-state index is 0.229. The van der Waals surface area contributed by atoms with Crippen molar-refractivity contribution < 1.29 is 0 Å². The predicted octanol–water partition coefficient (Wildman–Crippen LogP) is 1.77. The highest BCUT2D eigenvalue weighted by Gasteiger charge is 2.00. The summed E-state index contributed by atoms with van der Waals surface area (Å²) in [6.45, 7) is 0.229. The van der Waals surface area contributed by atoms with Crippen LogP contribution in [0.5, 0.6) is 0 Å². The Morgan fingerprint density at radius 1 is 1.62 bits per heavy atom. The van der Waals surface area contributed by atoms with Crippen LogP contribution in [-0.2, 0) is 6.54 Å². The second kappa shape index (κ2) is 3.12. The summed E-state index contributed by atoms with van der Waals surface area (Å²) in [5.41, 5.74) is 9.60. The lowest BCUT2D eigenvalue weighted by atomic mass is 10.4. The quantitative estimate of drug-likeness (QED) is 0.427. The zero-order valence-corrected chi connectivity index (χ0v) is 6.68. The summed E-state index contributed by atoms with van der Waals surface area (Å²) in [4.78, 5) is 13.8. The normalized spacial score (nSPS) is 9.85. The van der Waals surface area contributed by atoms with Crippen LogP contribution >= 0.6 is 0 Å². The van der Waals surface area contributed by atoms with E-state index in [0.29, 0.717) is 11.5 Å². The topological polar surface area (TPSA) is 90.3 Å². The molecule has 2 aromatic heterocycles. The Bertz CT molecular complexity index is 434. The molecular formula is C7H6N6. The van der Waals surface area contributed by atoms with Crippen molar-refractivity contribution in [3.8, 4) is 0 Å². The lowest BCUT2D eigenvalue weighted by Crippen LogP contribution is -1.81. The molecule has 0 unspecified atom stereocenters. The van der Waals surface area contributed by atoms with Gasteiger partial charge in [0.1, 0.15) is 5.82 Å². The van der Waals surface area contributed by atoms with Crippen molar-refractivity contribution in [3.63, 3.8) is 0 Å². The molecule has 2 rings (SSSR count). The Hall–Kier alpha value is -2.07. The Balaban J connectivity index is 2.43. The summed E-state index contributed by atoms with van der Waals surface area (Å²) < 4.78 is 0. The van der Waals surface area contributed by atoms with Crippen molar-refractivity contribution in [2.75, 3.05) is 0 Å². The Kier molecular flexibility index (Phi) is 1.82. The first kappa shape index (κ1) is 7.57. The first-order valence-electron chi connectivity index (χ1n) is 3.70. The van der Waals surface area contributed by atoms with E-state index in [2.05, 4.69) is 25.0 Å². The van der Waals surface area contributed by atoms with Crippen LogP contribution in [0.15, 0.2) is 23.4 Å². The molecule has 2 aromatic rings. The SMILES string of the molecule is [N-]=[N+]=NCc1nc2ncccc2[nH]1. The average molecular weight is 174 g/mol. The third-order valence-electron chi connectivity index (χ3n) is 1.59. The number of H-pyrrole nitrogens is 1. The van der Waals surface area contributed by atoms with Gasteiger partial charge in [-0.1, -0.05) is 5.11 Å². The summed E-state index contributed by atoms with van der Waals surface area (Å²) in [6, 6.07) is 3.69. The molecule has 0 atom stereocenters. The average Bonchev–Trinajstić information content (AvgIpc) is 2.57. The maximum Gasteiger partial charge on any atom is 0.177 e. The first-order valence-corrected chi connectivity index (χ1v) is 3.70. The highest BCUT2D eigenvalue weighted by atomic mass is 15.1. The molecule has 0 saturated carbocycles. The summed E-state index contributed by atoms with van der Waals surface area (Å²) >= 11 is 0. The molecular weight excluding hydrogens is 168 g/mol. The number of rotatable bonds is 2. The highest BCUT2D eigenvalue weighted by molar-refractivity contribution is 5.69. The van der Waals surface area contributed by atoms with Gasteiger partial charge in [0, 0.05) is 11.1 Å². The van der Waals surface area contributed by atoms with Crippen molar-refractivity contribution in [1.82, 2.24) is 15.0 Å². The van der Waals surface area contributed by atoms with Crippen LogP contribution < -0.4 is 0 Å². The largest absolute Gasteiger partial charge is 0.340 e. The van der Waals surface area contributed by atoms with E-state index in [0.717, 1.165) is 5.52 Å². The minimum atomic E-state index is 0.229. The van der Waals surface area contributed by atoms with Gasteiger partial charge in [0.2, 0.25) is 0 Å². The number of fused-ring (bicyclic) bond motifs is 1. The predicted molar refractivity (Wildman–Crippen MR) is 46.7 cm³/mol. The van der Waals surface area contributed by atoms with E-state index >= 15 is 0 Å². The Morgan fingerprint density at radius 2 is 2.54 bits per heavy atom. The number of hydrogen-bond acceptors (Lipinski definition) is 3. The number of aromatic amines is 1. The van der Waals surface area contributed by atoms with E-state index in [-0.39, 0.29) is 6.54 Å². The fourth-order valence-corrected chi connectivity index (χ4v) is 1.07. The smallest absolute Gasteiger partial charge is 0.177 e. The first-order chi connectivity index (χ1) is 6.40. The fourth-order valence-electron chi connectivity index (χ4n) is 1.07. The minimum Gasteiger partial charge on any atom is -0.340 e. The molecule has 0 aliphatic carbocycles. The molecule has 0 spiro atoms. The zero-order chi connectivity index (χ0) is 9.10. The van der Waals surface area contributed by atoms with Gasteiger partial charge in [-0.05, 0) is 17.7 Å². The maximum absolute atomic E-state index is 8.10. The van der Waals surface area contributed by atoms with Crippen molar-refractivity contribution >= 4 is 11.2 Å². The number of imidazole rings is 1. The molecule has 0 aliphatic rings. The molecule has 0 bridgehead atoms. The number of pyridine rings is 1. The van der Waals surface area contributed by atoms with Crippen LogP contribution in [0.1, 0.15) is 5.82 Å². The Labute approximate surface area is 73.3 Å². The molecule has 0 fully saturated rings. The van der Waals surface area contributed by atoms with Crippen LogP contribution in [0.2, 0.25) is 0 Å². The van der Waals surface area contributed by atoms with Crippen LogP contribution in [0.4, 0.5) is 0 Å². The van der Waals surface area contributed by atoms with Crippen LogP contribution in [0.25, 0.3) is 21.6 Å². The monoisotopic (exact) mass is 174 g/mol. The van der Waals surface area contributed by atoms with Crippen LogP contribution in [-0.4, -0.2) is 15.0 Å². The van der Waals surface area contributed by atoms with Gasteiger partial charge in [-0.3, -0.25) is 0 Å². The van der Waals surface area contributed by atoms with Crippen molar-refractivity contribution in [3.05, 3.63) is 34.6 Å². The summed E-state index contributed by atoms with van der Waals surface area (Å²) in [6.07, 6.45) is 1.67. The molecule has 13 heavy (non-hydrogen) atoms. The lowest BCUT2D eigenvalue weighted by molar-refractivity contribution is 0.944. The van der Waals surface area contributed by atoms with Gasteiger partial charge in [0.25, 0.3) is 0 Å².